The maximum absolute atomic E-state index is 13.6. The van der Waals surface area contributed by atoms with Crippen molar-refractivity contribution in [3.05, 3.63) is 107 Å². The van der Waals surface area contributed by atoms with E-state index in [-0.39, 0.29) is 22.9 Å². The van der Waals surface area contributed by atoms with Gasteiger partial charge < -0.3 is 9.52 Å². The van der Waals surface area contributed by atoms with E-state index >= 15 is 0 Å². The summed E-state index contributed by atoms with van der Waals surface area (Å²) in [4.78, 5) is 27.5. The molecule has 0 aliphatic carbocycles. The summed E-state index contributed by atoms with van der Waals surface area (Å²) in [7, 11) is 0. The quantitative estimate of drug-likeness (QED) is 0.279. The first-order chi connectivity index (χ1) is 15.1. The number of thioether (sulfide) groups is 1. The number of aromatic hydroxyl groups is 1. The number of furan rings is 1. The molecule has 4 nitrogen and oxygen atoms in total. The average Bonchev–Trinajstić information content (AvgIpc) is 3.34. The van der Waals surface area contributed by atoms with Crippen molar-refractivity contribution in [3.63, 3.8) is 0 Å². The van der Waals surface area contributed by atoms with E-state index in [4.69, 9.17) is 4.42 Å². The van der Waals surface area contributed by atoms with Crippen LogP contribution in [0.3, 0.4) is 0 Å². The van der Waals surface area contributed by atoms with Gasteiger partial charge in [-0.2, -0.15) is 0 Å². The van der Waals surface area contributed by atoms with E-state index in [9.17, 15) is 14.7 Å². The van der Waals surface area contributed by atoms with Crippen molar-refractivity contribution in [1.82, 2.24) is 0 Å². The lowest BCUT2D eigenvalue weighted by molar-refractivity contribution is 0.103. The molecule has 0 unspecified atom stereocenters. The first kappa shape index (κ1) is 20.7. The fourth-order valence-corrected chi connectivity index (χ4v) is 4.45. The molecule has 1 aromatic heterocycles. The van der Waals surface area contributed by atoms with Gasteiger partial charge in [0.15, 0.2) is 11.6 Å². The Morgan fingerprint density at radius 2 is 1.42 bits per heavy atom. The lowest BCUT2D eigenvalue weighted by Gasteiger charge is -2.18. The van der Waals surface area contributed by atoms with Gasteiger partial charge in [-0.25, -0.2) is 0 Å². The highest BCUT2D eigenvalue weighted by atomic mass is 32.2. The van der Waals surface area contributed by atoms with Gasteiger partial charge in [0.05, 0.1) is 11.8 Å². The van der Waals surface area contributed by atoms with Gasteiger partial charge >= 0.3 is 0 Å². The maximum Gasteiger partial charge on any atom is 0.197 e. The summed E-state index contributed by atoms with van der Waals surface area (Å²) in [5.74, 6) is 0.324. The Labute approximate surface area is 184 Å². The zero-order valence-corrected chi connectivity index (χ0v) is 17.7. The van der Waals surface area contributed by atoms with Gasteiger partial charge in [-0.05, 0) is 24.0 Å². The van der Waals surface area contributed by atoms with Gasteiger partial charge in [0.25, 0.3) is 0 Å². The van der Waals surface area contributed by atoms with Crippen LogP contribution in [-0.2, 0) is 0 Å². The van der Waals surface area contributed by atoms with Crippen molar-refractivity contribution in [1.29, 1.82) is 0 Å². The largest absolute Gasteiger partial charge is 0.507 e. The summed E-state index contributed by atoms with van der Waals surface area (Å²) in [5, 5.41) is 10.9. The lowest BCUT2D eigenvalue weighted by atomic mass is 9.91. The molecule has 1 heterocycles. The Bertz CT molecular complexity index is 1210. The molecule has 1 N–H and O–H groups in total. The first-order valence-electron chi connectivity index (χ1n) is 9.88. The van der Waals surface area contributed by atoms with Crippen molar-refractivity contribution >= 4 is 23.3 Å². The molecule has 154 valence electrons. The van der Waals surface area contributed by atoms with Gasteiger partial charge in [-0.1, -0.05) is 67.6 Å². The van der Waals surface area contributed by atoms with Crippen molar-refractivity contribution in [3.8, 4) is 17.1 Å². The normalized spacial score (nSPS) is 10.7. The highest BCUT2D eigenvalue weighted by Gasteiger charge is 2.29. The van der Waals surface area contributed by atoms with Gasteiger partial charge in [-0.3, -0.25) is 9.59 Å². The van der Waals surface area contributed by atoms with Crippen molar-refractivity contribution in [2.24, 2.45) is 0 Å². The number of hydrogen-bond acceptors (Lipinski definition) is 5. The predicted octanol–water partition coefficient (Wildman–Crippen LogP) is 6.23. The molecule has 0 spiro atoms. The SMILES string of the molecule is CCSc1c(C(=O)c2ccccc2)c(O)cc(-c2ccco2)c1C(=O)c1ccccc1. The van der Waals surface area contributed by atoms with Crippen LogP contribution in [0.4, 0.5) is 0 Å². The summed E-state index contributed by atoms with van der Waals surface area (Å²) in [6, 6.07) is 22.6. The van der Waals surface area contributed by atoms with Crippen molar-refractivity contribution in [2.45, 2.75) is 11.8 Å². The van der Waals surface area contributed by atoms with E-state index in [0.29, 0.717) is 38.7 Å². The van der Waals surface area contributed by atoms with Gasteiger partial charge in [-0.15, -0.1) is 11.8 Å². The van der Waals surface area contributed by atoms with E-state index in [1.54, 1.807) is 60.7 Å². The molecule has 0 aliphatic rings. The number of phenolic OH excluding ortho intramolecular Hbond substituents is 1. The molecule has 0 fully saturated rings. The Hall–Kier alpha value is -3.57. The summed E-state index contributed by atoms with van der Waals surface area (Å²) in [5.41, 5.74) is 1.88. The predicted molar refractivity (Wildman–Crippen MR) is 122 cm³/mol. The number of rotatable bonds is 7. The smallest absolute Gasteiger partial charge is 0.197 e. The van der Waals surface area contributed by atoms with Gasteiger partial charge in [0.1, 0.15) is 11.5 Å². The maximum atomic E-state index is 13.6. The highest BCUT2D eigenvalue weighted by molar-refractivity contribution is 7.99. The van der Waals surface area contributed by atoms with Gasteiger partial charge in [0.2, 0.25) is 0 Å². The molecule has 4 rings (SSSR count). The highest BCUT2D eigenvalue weighted by Crippen LogP contribution is 2.42. The van der Waals surface area contributed by atoms with Crippen LogP contribution in [0.2, 0.25) is 0 Å². The second-order valence-electron chi connectivity index (χ2n) is 6.82. The van der Waals surface area contributed by atoms with Crippen LogP contribution in [0.1, 0.15) is 38.8 Å². The minimum Gasteiger partial charge on any atom is -0.507 e. The van der Waals surface area contributed by atoms with Crippen molar-refractivity contribution < 1.29 is 19.1 Å². The van der Waals surface area contributed by atoms with E-state index in [1.165, 1.54) is 24.1 Å². The number of hydrogen-bond donors (Lipinski definition) is 1. The Kier molecular flexibility index (Phi) is 6.05. The minimum atomic E-state index is -0.331. The third kappa shape index (κ3) is 4.05. The molecule has 5 heteroatoms. The van der Waals surface area contributed by atoms with Crippen molar-refractivity contribution in [2.75, 3.05) is 5.75 Å². The van der Waals surface area contributed by atoms with Crippen LogP contribution in [0.25, 0.3) is 11.3 Å². The van der Waals surface area contributed by atoms with Crippen LogP contribution < -0.4 is 0 Å². The zero-order valence-electron chi connectivity index (χ0n) is 16.9. The Morgan fingerprint density at radius 3 is 1.94 bits per heavy atom. The standard InChI is InChI=1S/C26H20O4S/c1-2-31-26-22(24(28)17-10-5-3-6-11-17)19(21-14-9-15-30-21)16-20(27)23(26)25(29)18-12-7-4-8-13-18/h3-16,27H,2H2,1H3. The minimum absolute atomic E-state index is 0.132. The van der Waals surface area contributed by atoms with E-state index in [0.717, 1.165) is 0 Å². The first-order valence-corrected chi connectivity index (χ1v) is 10.9. The van der Waals surface area contributed by atoms with Crippen LogP contribution in [0.5, 0.6) is 5.75 Å². The molecule has 4 aromatic rings. The van der Waals surface area contributed by atoms with E-state index < -0.39 is 0 Å². The van der Waals surface area contributed by atoms with Gasteiger partial charge in [0, 0.05) is 27.1 Å². The second kappa shape index (κ2) is 9.06. The molecule has 0 saturated carbocycles. The summed E-state index contributed by atoms with van der Waals surface area (Å²) in [6.07, 6.45) is 1.51. The van der Waals surface area contributed by atoms with Crippen LogP contribution in [-0.4, -0.2) is 22.4 Å². The fourth-order valence-electron chi connectivity index (χ4n) is 3.47. The molecular weight excluding hydrogens is 408 g/mol. The molecular formula is C26H20O4S. The lowest BCUT2D eigenvalue weighted by Crippen LogP contribution is -2.12. The van der Waals surface area contributed by atoms with Crippen LogP contribution in [0.15, 0.2) is 94.4 Å². The Morgan fingerprint density at radius 1 is 0.839 bits per heavy atom. The topological polar surface area (TPSA) is 67.5 Å². The molecule has 0 atom stereocenters. The average molecular weight is 429 g/mol. The second-order valence-corrected chi connectivity index (χ2v) is 8.10. The van der Waals surface area contributed by atoms with Crippen LogP contribution >= 0.6 is 11.8 Å². The number of carbonyl (C=O) groups is 2. The zero-order chi connectivity index (χ0) is 21.8. The molecule has 0 saturated heterocycles. The molecule has 3 aromatic carbocycles. The molecule has 31 heavy (non-hydrogen) atoms. The Balaban J connectivity index is 2.02. The number of ketones is 2. The third-order valence-electron chi connectivity index (χ3n) is 4.86. The summed E-state index contributed by atoms with van der Waals surface area (Å²) < 4.78 is 5.56. The molecule has 0 bridgehead atoms. The molecule has 0 aliphatic heterocycles. The number of benzene rings is 3. The van der Waals surface area contributed by atoms with Crippen LogP contribution in [0, 0.1) is 0 Å². The monoisotopic (exact) mass is 428 g/mol. The van der Waals surface area contributed by atoms with E-state index in [2.05, 4.69) is 0 Å². The molecule has 0 amide bonds. The number of carbonyl (C=O) groups excluding carboxylic acids is 2. The third-order valence-corrected chi connectivity index (χ3v) is 5.85. The fraction of sp³-hybridized carbons (Fsp3) is 0.0769. The number of phenols is 1. The van der Waals surface area contributed by atoms with E-state index in [1.807, 2.05) is 19.1 Å². The molecule has 0 radical (unpaired) electrons. The summed E-state index contributed by atoms with van der Waals surface area (Å²) in [6.45, 7) is 1.94. The summed E-state index contributed by atoms with van der Waals surface area (Å²) >= 11 is 1.36.